The molecule has 0 aliphatic carbocycles. The van der Waals surface area contributed by atoms with Gasteiger partial charge >= 0.3 is 0 Å². The molecule has 0 saturated heterocycles. The number of hydrazone groups is 1. The number of nitrogens with zero attached hydrogens (tertiary/aromatic N) is 3. The van der Waals surface area contributed by atoms with Gasteiger partial charge in [0.1, 0.15) is 11.5 Å². The van der Waals surface area contributed by atoms with Crippen LogP contribution < -0.4 is 24.0 Å². The lowest BCUT2D eigenvalue weighted by Crippen LogP contribution is -2.25. The fourth-order valence-electron chi connectivity index (χ4n) is 3.88. The van der Waals surface area contributed by atoms with Gasteiger partial charge < -0.3 is 18.9 Å². The molecule has 4 aromatic carbocycles. The fraction of sp³-hybridized carbons (Fsp3) is 0.100. The average Bonchev–Trinajstić information content (AvgIpc) is 3.40. The molecule has 0 aliphatic heterocycles. The van der Waals surface area contributed by atoms with Gasteiger partial charge in [-0.25, -0.2) is 4.98 Å². The summed E-state index contributed by atoms with van der Waals surface area (Å²) in [4.78, 5) is 18.5. The van der Waals surface area contributed by atoms with E-state index in [1.54, 1.807) is 56.8 Å². The van der Waals surface area contributed by atoms with Crippen molar-refractivity contribution in [2.75, 3.05) is 26.3 Å². The third-order valence-corrected chi connectivity index (χ3v) is 7.29. The van der Waals surface area contributed by atoms with Crippen LogP contribution in [0.4, 0.5) is 5.13 Å². The molecule has 1 amide bonds. The van der Waals surface area contributed by atoms with Crippen molar-refractivity contribution in [2.24, 2.45) is 5.10 Å². The van der Waals surface area contributed by atoms with Gasteiger partial charge in [-0.1, -0.05) is 45.5 Å². The first-order valence-corrected chi connectivity index (χ1v) is 13.7. The van der Waals surface area contributed by atoms with Crippen molar-refractivity contribution in [1.82, 2.24) is 4.98 Å². The van der Waals surface area contributed by atoms with Crippen molar-refractivity contribution < 1.29 is 23.7 Å². The number of fused-ring (bicyclic) bond motifs is 1. The van der Waals surface area contributed by atoms with E-state index < -0.39 is 0 Å². The number of benzene rings is 4. The monoisotopic (exact) mass is 617 g/mol. The Hall–Kier alpha value is -4.41. The lowest BCUT2D eigenvalue weighted by molar-refractivity contribution is 0.0988. The summed E-state index contributed by atoms with van der Waals surface area (Å²) in [6.07, 6.45) is 1.55. The molecule has 0 bridgehead atoms. The van der Waals surface area contributed by atoms with Gasteiger partial charge in [0.25, 0.3) is 5.91 Å². The molecule has 0 fully saturated rings. The van der Waals surface area contributed by atoms with E-state index in [1.807, 2.05) is 48.5 Å². The highest BCUT2D eigenvalue weighted by Crippen LogP contribution is 2.38. The molecule has 0 aliphatic rings. The van der Waals surface area contributed by atoms with Crippen LogP contribution in [0.25, 0.3) is 10.2 Å². The van der Waals surface area contributed by atoms with Crippen LogP contribution in [0.2, 0.25) is 0 Å². The van der Waals surface area contributed by atoms with Crippen LogP contribution in [0, 0.1) is 0 Å². The van der Waals surface area contributed by atoms with E-state index in [1.165, 1.54) is 23.5 Å². The summed E-state index contributed by atoms with van der Waals surface area (Å²) in [5.41, 5.74) is 1.82. The van der Waals surface area contributed by atoms with E-state index >= 15 is 0 Å². The molecule has 202 valence electrons. The van der Waals surface area contributed by atoms with Crippen LogP contribution in [0.3, 0.4) is 0 Å². The summed E-state index contributed by atoms with van der Waals surface area (Å²) in [6.45, 7) is 0. The van der Waals surface area contributed by atoms with Crippen LogP contribution >= 0.6 is 27.3 Å². The number of carbonyl (C=O) groups excluding carboxylic acids is 1. The van der Waals surface area contributed by atoms with E-state index in [0.717, 1.165) is 14.7 Å². The SMILES string of the molecule is COc1cc(/C=N/N(C(=O)c2ccc(Oc3ccccc3)cc2)c2nc3ccc(Br)cc3s2)cc(OC)c1OC. The number of ether oxygens (including phenoxy) is 4. The van der Waals surface area contributed by atoms with Gasteiger partial charge in [0, 0.05) is 15.6 Å². The Morgan fingerprint density at radius 2 is 1.55 bits per heavy atom. The minimum atomic E-state index is -0.354. The van der Waals surface area contributed by atoms with Crippen molar-refractivity contribution in [3.63, 3.8) is 0 Å². The highest BCUT2D eigenvalue weighted by atomic mass is 79.9. The van der Waals surface area contributed by atoms with Crippen LogP contribution in [0.5, 0.6) is 28.7 Å². The zero-order chi connectivity index (χ0) is 28.1. The molecule has 8 nitrogen and oxygen atoms in total. The molecular formula is C30H24BrN3O5S. The number of thiazole rings is 1. The van der Waals surface area contributed by atoms with Gasteiger partial charge in [0.15, 0.2) is 11.5 Å². The minimum Gasteiger partial charge on any atom is -0.493 e. The summed E-state index contributed by atoms with van der Waals surface area (Å²) >= 11 is 4.86. The van der Waals surface area contributed by atoms with Gasteiger partial charge in [-0.2, -0.15) is 10.1 Å². The van der Waals surface area contributed by atoms with E-state index in [0.29, 0.717) is 45.0 Å². The molecule has 0 N–H and O–H groups in total. The maximum atomic E-state index is 13.8. The zero-order valence-corrected chi connectivity index (χ0v) is 24.2. The molecule has 10 heteroatoms. The molecule has 0 atom stereocenters. The third kappa shape index (κ3) is 5.93. The van der Waals surface area contributed by atoms with Crippen LogP contribution in [0.1, 0.15) is 15.9 Å². The second kappa shape index (κ2) is 12.2. The van der Waals surface area contributed by atoms with E-state index in [-0.39, 0.29) is 5.91 Å². The molecule has 1 heterocycles. The lowest BCUT2D eigenvalue weighted by Gasteiger charge is -2.15. The lowest BCUT2D eigenvalue weighted by atomic mass is 10.2. The number of hydrogen-bond acceptors (Lipinski definition) is 8. The number of methoxy groups -OCH3 is 3. The third-order valence-electron chi connectivity index (χ3n) is 5.80. The Balaban J connectivity index is 1.50. The van der Waals surface area contributed by atoms with Crippen molar-refractivity contribution in [2.45, 2.75) is 0 Å². The van der Waals surface area contributed by atoms with E-state index in [2.05, 4.69) is 26.0 Å². The highest BCUT2D eigenvalue weighted by molar-refractivity contribution is 9.10. The smallest absolute Gasteiger partial charge is 0.280 e. The Morgan fingerprint density at radius 3 is 2.20 bits per heavy atom. The van der Waals surface area contributed by atoms with Crippen molar-refractivity contribution >= 4 is 54.7 Å². The predicted molar refractivity (Wildman–Crippen MR) is 161 cm³/mol. The maximum absolute atomic E-state index is 13.8. The summed E-state index contributed by atoms with van der Waals surface area (Å²) in [5, 5.41) is 6.28. The number of hydrogen-bond donors (Lipinski definition) is 0. The molecule has 5 aromatic rings. The van der Waals surface area contributed by atoms with E-state index in [9.17, 15) is 4.79 Å². The van der Waals surface area contributed by atoms with E-state index in [4.69, 9.17) is 18.9 Å². The Labute approximate surface area is 243 Å². The standard InChI is InChI=1S/C30H24BrN3O5S/c1-36-25-15-19(16-26(37-2)28(25)38-3)18-32-34(30-33-24-14-11-21(31)17-27(24)40-30)29(35)20-9-12-23(13-10-20)39-22-7-5-4-6-8-22/h4-18H,1-3H3/b32-18+. The number of carbonyl (C=O) groups is 1. The van der Waals surface area contributed by atoms with Crippen molar-refractivity contribution in [3.05, 3.63) is 101 Å². The first-order chi connectivity index (χ1) is 19.5. The summed E-state index contributed by atoms with van der Waals surface area (Å²) < 4.78 is 24.0. The Kier molecular flexibility index (Phi) is 8.28. The average molecular weight is 619 g/mol. The minimum absolute atomic E-state index is 0.354. The molecule has 0 unspecified atom stereocenters. The number of halogens is 1. The Bertz CT molecular complexity index is 1650. The molecule has 0 saturated carbocycles. The predicted octanol–water partition coefficient (Wildman–Crippen LogP) is 7.56. The largest absolute Gasteiger partial charge is 0.493 e. The quantitative estimate of drug-likeness (QED) is 0.125. The van der Waals surface area contributed by atoms with Gasteiger partial charge in [-0.05, 0) is 66.7 Å². The second-order valence-corrected chi connectivity index (χ2v) is 10.3. The van der Waals surface area contributed by atoms with Gasteiger partial charge in [-0.15, -0.1) is 0 Å². The van der Waals surface area contributed by atoms with Gasteiger partial charge in [-0.3, -0.25) is 4.79 Å². The summed E-state index contributed by atoms with van der Waals surface area (Å²) in [6, 6.07) is 25.6. The first-order valence-electron chi connectivity index (χ1n) is 12.1. The molecule has 1 aromatic heterocycles. The van der Waals surface area contributed by atoms with Crippen LogP contribution in [0.15, 0.2) is 94.5 Å². The second-order valence-electron chi connectivity index (χ2n) is 8.37. The molecular weight excluding hydrogens is 594 g/mol. The number of rotatable bonds is 9. The van der Waals surface area contributed by atoms with Gasteiger partial charge in [0.2, 0.25) is 10.9 Å². The number of para-hydroxylation sites is 1. The van der Waals surface area contributed by atoms with Crippen LogP contribution in [-0.4, -0.2) is 38.4 Å². The fourth-order valence-corrected chi connectivity index (χ4v) is 5.35. The molecule has 0 radical (unpaired) electrons. The number of amides is 1. The highest BCUT2D eigenvalue weighted by Gasteiger charge is 2.22. The topological polar surface area (TPSA) is 82.5 Å². The number of aromatic nitrogens is 1. The molecule has 5 rings (SSSR count). The van der Waals surface area contributed by atoms with Crippen molar-refractivity contribution in [1.29, 1.82) is 0 Å². The first kappa shape index (κ1) is 27.2. The van der Waals surface area contributed by atoms with Crippen LogP contribution in [-0.2, 0) is 0 Å². The van der Waals surface area contributed by atoms with Crippen molar-refractivity contribution in [3.8, 4) is 28.7 Å². The zero-order valence-electron chi connectivity index (χ0n) is 21.8. The summed E-state index contributed by atoms with van der Waals surface area (Å²) in [7, 11) is 4.62. The Morgan fingerprint density at radius 1 is 0.875 bits per heavy atom. The molecule has 0 spiro atoms. The molecule has 40 heavy (non-hydrogen) atoms. The maximum Gasteiger partial charge on any atom is 0.280 e. The van der Waals surface area contributed by atoms with Gasteiger partial charge in [0.05, 0.1) is 37.8 Å². The summed E-state index contributed by atoms with van der Waals surface area (Å²) in [5.74, 6) is 2.37. The normalized spacial score (nSPS) is 11.0. The number of anilines is 1.